The Morgan fingerprint density at radius 3 is 1.53 bits per heavy atom. The summed E-state index contributed by atoms with van der Waals surface area (Å²) >= 11 is 1.36. The molecule has 0 spiro atoms. The first kappa shape index (κ1) is 52.1. The number of carboxylic acid groups (broad SMARTS) is 1. The number of carboxylic acids is 1. The minimum atomic E-state index is -4.32. The number of amides is 1. The van der Waals surface area contributed by atoms with Crippen LogP contribution in [0.3, 0.4) is 0 Å². The van der Waals surface area contributed by atoms with Crippen LogP contribution in [0.25, 0.3) is 0 Å². The zero-order valence-electron chi connectivity index (χ0n) is 34.0. The van der Waals surface area contributed by atoms with Crippen molar-refractivity contribution in [2.45, 2.75) is 146 Å². The van der Waals surface area contributed by atoms with E-state index >= 15 is 0 Å². The SMILES string of the molecule is CCCC(=O)O[C@@H](C)C(=O)NS(=O)(=O)c1cc2c(s1)S(=O)(=O)[C@@H](C)C[C@@H]2NCC.CCCC(=O)O[C@@H](C)C(=O)O.CCN[C@H]1C[C@H](C)S(=O)(=O)c2sc(S(N)(=O)=O)cc21. The van der Waals surface area contributed by atoms with E-state index in [0.717, 1.165) is 11.3 Å². The third kappa shape index (κ3) is 13.7. The molecular weight excluding hydrogens is 897 g/mol. The Hall–Kier alpha value is -3.04. The maximum absolute atomic E-state index is 12.7. The average molecular weight is 951 g/mol. The van der Waals surface area contributed by atoms with Crippen molar-refractivity contribution in [1.82, 2.24) is 15.4 Å². The van der Waals surface area contributed by atoms with E-state index in [1.165, 1.54) is 26.0 Å². The van der Waals surface area contributed by atoms with Gasteiger partial charge in [-0.2, -0.15) is 0 Å². The van der Waals surface area contributed by atoms with Gasteiger partial charge in [-0.1, -0.05) is 27.7 Å². The molecule has 0 saturated carbocycles. The highest BCUT2D eigenvalue weighted by molar-refractivity contribution is 7.96. The molecule has 4 rings (SSSR count). The Balaban J connectivity index is 0.000000342. The molecule has 0 radical (unpaired) electrons. The Morgan fingerprint density at radius 2 is 1.15 bits per heavy atom. The predicted molar refractivity (Wildman–Crippen MR) is 219 cm³/mol. The van der Waals surface area contributed by atoms with Crippen LogP contribution in [0.5, 0.6) is 0 Å². The monoisotopic (exact) mass is 950 g/mol. The summed E-state index contributed by atoms with van der Waals surface area (Å²) in [6.45, 7) is 14.5. The number of hydrogen-bond donors (Lipinski definition) is 5. The molecule has 6 atom stereocenters. The molecule has 59 heavy (non-hydrogen) atoms. The first-order valence-electron chi connectivity index (χ1n) is 18.6. The van der Waals surface area contributed by atoms with Crippen molar-refractivity contribution in [3.8, 4) is 0 Å². The van der Waals surface area contributed by atoms with E-state index in [1.807, 2.05) is 25.5 Å². The molecule has 0 saturated heterocycles. The smallest absolute Gasteiger partial charge is 0.344 e. The molecule has 2 aromatic heterocycles. The second-order valence-electron chi connectivity index (χ2n) is 13.6. The van der Waals surface area contributed by atoms with Gasteiger partial charge in [0.2, 0.25) is 10.0 Å². The Morgan fingerprint density at radius 1 is 0.763 bits per heavy atom. The van der Waals surface area contributed by atoms with Gasteiger partial charge in [-0.15, -0.1) is 22.7 Å². The van der Waals surface area contributed by atoms with Crippen molar-refractivity contribution in [3.05, 3.63) is 23.3 Å². The molecule has 0 fully saturated rings. The van der Waals surface area contributed by atoms with Crippen LogP contribution < -0.4 is 20.5 Å². The van der Waals surface area contributed by atoms with Crippen LogP contribution in [0, 0.1) is 0 Å². The van der Waals surface area contributed by atoms with Crippen LogP contribution in [-0.2, 0) is 68.4 Å². The molecule has 25 heteroatoms. The number of primary sulfonamides is 1. The van der Waals surface area contributed by atoms with Crippen molar-refractivity contribution in [3.63, 3.8) is 0 Å². The number of ether oxygens (including phenoxy) is 2. The maximum Gasteiger partial charge on any atom is 0.344 e. The minimum Gasteiger partial charge on any atom is -0.479 e. The zero-order chi connectivity index (χ0) is 45.3. The lowest BCUT2D eigenvalue weighted by Crippen LogP contribution is -2.39. The highest BCUT2D eigenvalue weighted by Crippen LogP contribution is 2.44. The van der Waals surface area contributed by atoms with E-state index in [-0.39, 0.29) is 41.8 Å². The Labute approximate surface area is 354 Å². The summed E-state index contributed by atoms with van der Waals surface area (Å²) in [6, 6.07) is 2.23. The molecular formula is C34H54N4O15S6. The topological polar surface area (TPSA) is 306 Å². The number of sulfonamides is 2. The number of carbonyl (C=O) groups is 4. The molecule has 336 valence electrons. The molecule has 0 bridgehead atoms. The van der Waals surface area contributed by atoms with Gasteiger partial charge in [-0.3, -0.25) is 14.4 Å². The lowest BCUT2D eigenvalue weighted by atomic mass is 10.1. The number of thiophene rings is 2. The third-order valence-corrected chi connectivity index (χ3v) is 19.8. The molecule has 6 N–H and O–H groups in total. The number of rotatable bonds is 15. The van der Waals surface area contributed by atoms with Crippen LogP contribution >= 0.6 is 22.7 Å². The third-order valence-electron chi connectivity index (χ3n) is 8.79. The van der Waals surface area contributed by atoms with Crippen LogP contribution in [0.1, 0.15) is 117 Å². The Bertz CT molecular complexity index is 2270. The predicted octanol–water partition coefficient (Wildman–Crippen LogP) is 2.92. The van der Waals surface area contributed by atoms with Crippen LogP contribution in [0.2, 0.25) is 0 Å². The lowest BCUT2D eigenvalue weighted by molar-refractivity contribution is -0.162. The van der Waals surface area contributed by atoms with E-state index in [1.54, 1.807) is 20.8 Å². The van der Waals surface area contributed by atoms with Crippen LogP contribution in [-0.4, -0.2) is 98.4 Å². The number of esters is 2. The van der Waals surface area contributed by atoms with Gasteiger partial charge in [0.1, 0.15) is 16.8 Å². The van der Waals surface area contributed by atoms with Crippen LogP contribution in [0.4, 0.5) is 0 Å². The minimum absolute atomic E-state index is 0.00236. The number of carbonyl (C=O) groups excluding carboxylic acids is 3. The maximum atomic E-state index is 12.7. The normalized spacial score (nSPS) is 21.4. The van der Waals surface area contributed by atoms with E-state index < -0.39 is 86.2 Å². The van der Waals surface area contributed by atoms with E-state index in [2.05, 4.69) is 15.4 Å². The van der Waals surface area contributed by atoms with Gasteiger partial charge in [0.05, 0.1) is 10.5 Å². The highest BCUT2D eigenvalue weighted by atomic mass is 32.3. The van der Waals surface area contributed by atoms with E-state index in [9.17, 15) is 52.8 Å². The number of hydrogen-bond acceptors (Lipinski definition) is 18. The summed E-state index contributed by atoms with van der Waals surface area (Å²) in [4.78, 5) is 44.5. The average Bonchev–Trinajstić information content (AvgIpc) is 3.79. The first-order chi connectivity index (χ1) is 27.2. The van der Waals surface area contributed by atoms with Gasteiger partial charge in [0, 0.05) is 36.1 Å². The van der Waals surface area contributed by atoms with Crippen molar-refractivity contribution in [2.24, 2.45) is 5.14 Å². The lowest BCUT2D eigenvalue weighted by Gasteiger charge is -2.27. The quantitative estimate of drug-likeness (QED) is 0.160. The standard InChI is InChI=1S/C17H26N2O7S3.C10H16N2O4S3.C7H12O4/c1-5-7-14(20)26-11(4)16(21)19-29(24,25)15-9-12-13(18-6-2)8-10(3)28(22,23)17(12)27-15;1-3-12-8-4-6(2)18(13,14)10-7(8)5-9(17-10)19(11,15)16;1-3-4-6(8)11-5(2)7(9)10/h9-11,13,18H,5-8H2,1-4H3,(H,19,21);5-6,8,12H,3-4H2,1-2H3,(H2,11,15,16);5H,3-4H2,1-2H3,(H,9,10)/t10-,11-,13-;6-,8-;5-/m000/s1. The largest absolute Gasteiger partial charge is 0.479 e. The highest BCUT2D eigenvalue weighted by Gasteiger charge is 2.41. The second kappa shape index (κ2) is 21.7. The van der Waals surface area contributed by atoms with Crippen molar-refractivity contribution in [1.29, 1.82) is 0 Å². The summed E-state index contributed by atoms with van der Waals surface area (Å²) in [5, 5.41) is 18.6. The molecule has 0 aromatic carbocycles. The molecule has 0 aliphatic carbocycles. The fraction of sp³-hybridized carbons (Fsp3) is 0.647. The zero-order valence-corrected chi connectivity index (χ0v) is 38.9. The first-order valence-corrected chi connectivity index (χ1v) is 26.4. The summed E-state index contributed by atoms with van der Waals surface area (Å²) in [7, 11) is -15.3. The van der Waals surface area contributed by atoms with Gasteiger partial charge in [-0.05, 0) is 78.6 Å². The van der Waals surface area contributed by atoms with Gasteiger partial charge in [0.25, 0.3) is 15.9 Å². The molecule has 2 aromatic rings. The van der Waals surface area contributed by atoms with Crippen molar-refractivity contribution in [2.75, 3.05) is 13.1 Å². The number of nitrogens with two attached hydrogens (primary N) is 1. The second-order valence-corrected chi connectivity index (χ2v) is 24.6. The number of aliphatic carboxylic acids is 1. The summed E-state index contributed by atoms with van der Waals surface area (Å²) in [5.41, 5.74) is 0.916. The molecule has 4 heterocycles. The molecule has 2 aliphatic rings. The van der Waals surface area contributed by atoms with Gasteiger partial charge >= 0.3 is 17.9 Å². The van der Waals surface area contributed by atoms with Crippen molar-refractivity contribution < 1.29 is 67.4 Å². The fourth-order valence-electron chi connectivity index (χ4n) is 5.64. The summed E-state index contributed by atoms with van der Waals surface area (Å²) < 4.78 is 109. The summed E-state index contributed by atoms with van der Waals surface area (Å²) in [5.74, 6) is -3.18. The van der Waals surface area contributed by atoms with Crippen molar-refractivity contribution >= 4 is 86.2 Å². The van der Waals surface area contributed by atoms with Gasteiger partial charge in [0.15, 0.2) is 31.9 Å². The van der Waals surface area contributed by atoms with E-state index in [4.69, 9.17) is 15.0 Å². The fourth-order valence-corrected chi connectivity index (χ4v) is 15.1. The van der Waals surface area contributed by atoms with E-state index in [0.29, 0.717) is 61.2 Å². The molecule has 1 amide bonds. The van der Waals surface area contributed by atoms with Gasteiger partial charge in [-0.25, -0.2) is 48.3 Å². The molecule has 2 aliphatic heterocycles. The number of nitrogens with one attached hydrogen (secondary N) is 3. The summed E-state index contributed by atoms with van der Waals surface area (Å²) in [6.07, 6.45) is 0.0320. The van der Waals surface area contributed by atoms with Crippen LogP contribution in [0.15, 0.2) is 29.0 Å². The number of fused-ring (bicyclic) bond motifs is 2. The Kier molecular flexibility index (Phi) is 19.1. The molecule has 19 nitrogen and oxygen atoms in total. The number of sulfone groups is 2. The molecule has 0 unspecified atom stereocenters. The van der Waals surface area contributed by atoms with Gasteiger partial charge < -0.3 is 25.2 Å².